The minimum Gasteiger partial charge on any atom is -0.378 e. The molecule has 37 heavy (non-hydrogen) atoms. The number of benzene rings is 5. The summed E-state index contributed by atoms with van der Waals surface area (Å²) in [7, 11) is 0. The predicted molar refractivity (Wildman–Crippen MR) is 148 cm³/mol. The minimum atomic E-state index is -0.292. The Bertz CT molecular complexity index is 1590. The van der Waals surface area contributed by atoms with E-state index in [1.807, 2.05) is 24.3 Å². The van der Waals surface area contributed by atoms with Gasteiger partial charge in [-0.2, -0.15) is 0 Å². The fourth-order valence-electron chi connectivity index (χ4n) is 5.40. The van der Waals surface area contributed by atoms with Gasteiger partial charge in [0, 0.05) is 29.2 Å². The van der Waals surface area contributed by atoms with Gasteiger partial charge >= 0.3 is 0 Å². The van der Waals surface area contributed by atoms with Crippen LogP contribution in [0.2, 0.25) is 0 Å². The molecular formula is C30H25NO5S. The molecule has 2 amide bonds. The van der Waals surface area contributed by atoms with Gasteiger partial charge in [-0.25, -0.2) is 0 Å². The van der Waals surface area contributed by atoms with Crippen LogP contribution in [0.3, 0.4) is 0 Å². The third kappa shape index (κ3) is 4.03. The van der Waals surface area contributed by atoms with Gasteiger partial charge < -0.3 is 9.47 Å². The van der Waals surface area contributed by atoms with Crippen LogP contribution < -0.4 is 0 Å². The van der Waals surface area contributed by atoms with Gasteiger partial charge in [-0.1, -0.05) is 60.3 Å². The molecule has 1 heterocycles. The van der Waals surface area contributed by atoms with Gasteiger partial charge in [0.05, 0.1) is 33.0 Å². The van der Waals surface area contributed by atoms with E-state index in [-0.39, 0.29) is 30.1 Å². The van der Waals surface area contributed by atoms with Crippen molar-refractivity contribution >= 4 is 71.8 Å². The molecule has 1 aliphatic rings. The number of imide groups is 1. The minimum absolute atomic E-state index is 0.0692. The Hall–Kier alpha value is -3.52. The molecule has 0 unspecified atom stereocenters. The van der Waals surface area contributed by atoms with Gasteiger partial charge in [0.15, 0.2) is 5.12 Å². The Kier molecular flexibility index (Phi) is 6.28. The van der Waals surface area contributed by atoms with Crippen molar-refractivity contribution in [3.8, 4) is 0 Å². The zero-order valence-electron chi connectivity index (χ0n) is 20.4. The molecule has 0 fully saturated rings. The molecule has 7 heteroatoms. The third-order valence-electron chi connectivity index (χ3n) is 6.96. The van der Waals surface area contributed by atoms with Crippen molar-refractivity contribution in [3.05, 3.63) is 71.8 Å². The number of rotatable bonds is 9. The van der Waals surface area contributed by atoms with Crippen LogP contribution in [0.1, 0.15) is 27.6 Å². The molecule has 5 aromatic rings. The van der Waals surface area contributed by atoms with E-state index in [2.05, 4.69) is 36.4 Å². The maximum absolute atomic E-state index is 13.5. The van der Waals surface area contributed by atoms with Crippen molar-refractivity contribution in [2.45, 2.75) is 6.92 Å². The molecule has 6 nitrogen and oxygen atoms in total. The molecule has 0 spiro atoms. The van der Waals surface area contributed by atoms with Gasteiger partial charge in [0.25, 0.3) is 11.8 Å². The van der Waals surface area contributed by atoms with Gasteiger partial charge in [0.2, 0.25) is 0 Å². The molecule has 0 radical (unpaired) electrons. The Balaban J connectivity index is 1.26. The highest BCUT2D eigenvalue weighted by Gasteiger charge is 2.33. The van der Waals surface area contributed by atoms with E-state index in [9.17, 15) is 14.4 Å². The predicted octanol–water partition coefficient (Wildman–Crippen LogP) is 5.65. The first-order valence-electron chi connectivity index (χ1n) is 12.3. The molecule has 5 aromatic carbocycles. The average molecular weight is 512 g/mol. The highest BCUT2D eigenvalue weighted by molar-refractivity contribution is 8.13. The van der Waals surface area contributed by atoms with E-state index in [1.54, 1.807) is 0 Å². The van der Waals surface area contributed by atoms with Gasteiger partial charge in [0.1, 0.15) is 0 Å². The normalized spacial score (nSPS) is 13.6. The van der Waals surface area contributed by atoms with E-state index in [1.165, 1.54) is 34.4 Å². The van der Waals surface area contributed by atoms with E-state index < -0.39 is 0 Å². The number of fused-ring (bicyclic) bond motifs is 2. The van der Waals surface area contributed by atoms with Gasteiger partial charge in [-0.15, -0.1) is 0 Å². The highest BCUT2D eigenvalue weighted by atomic mass is 32.2. The number of hydrogen-bond acceptors (Lipinski definition) is 6. The fourth-order valence-corrected chi connectivity index (χ4v) is 5.89. The second-order valence-corrected chi connectivity index (χ2v) is 10.4. The van der Waals surface area contributed by atoms with Crippen LogP contribution in [0.5, 0.6) is 0 Å². The first-order valence-corrected chi connectivity index (χ1v) is 13.3. The zero-order valence-corrected chi connectivity index (χ0v) is 21.2. The van der Waals surface area contributed by atoms with Crippen molar-refractivity contribution in [1.29, 1.82) is 0 Å². The van der Waals surface area contributed by atoms with E-state index >= 15 is 0 Å². The molecule has 0 aromatic heterocycles. The Morgan fingerprint density at radius 2 is 1.27 bits per heavy atom. The smallest absolute Gasteiger partial charge is 0.261 e. The van der Waals surface area contributed by atoms with Crippen molar-refractivity contribution in [2.24, 2.45) is 0 Å². The van der Waals surface area contributed by atoms with Crippen molar-refractivity contribution < 1.29 is 23.9 Å². The summed E-state index contributed by atoms with van der Waals surface area (Å²) in [6, 6.07) is 20.3. The molecule has 1 aliphatic heterocycles. The van der Waals surface area contributed by atoms with E-state index in [0.29, 0.717) is 36.7 Å². The first kappa shape index (κ1) is 23.9. The van der Waals surface area contributed by atoms with Crippen LogP contribution in [-0.2, 0) is 14.3 Å². The lowest BCUT2D eigenvalue weighted by atomic mass is 9.85. The quantitative estimate of drug-likeness (QED) is 0.110. The summed E-state index contributed by atoms with van der Waals surface area (Å²) in [6.07, 6.45) is 0. The van der Waals surface area contributed by atoms with E-state index in [4.69, 9.17) is 9.47 Å². The summed E-state index contributed by atoms with van der Waals surface area (Å²) in [5.41, 5.74) is 1.10. The summed E-state index contributed by atoms with van der Waals surface area (Å²) in [6.45, 7) is 3.15. The number of carbonyl (C=O) groups is 3. The summed E-state index contributed by atoms with van der Waals surface area (Å²) >= 11 is 1.23. The Labute approximate surface area is 217 Å². The maximum atomic E-state index is 13.5. The highest BCUT2D eigenvalue weighted by Crippen LogP contribution is 2.43. The number of carbonyl (C=O) groups excluding carboxylic acids is 3. The zero-order chi connectivity index (χ0) is 25.5. The van der Waals surface area contributed by atoms with Crippen molar-refractivity contribution in [1.82, 2.24) is 4.90 Å². The number of nitrogens with zero attached hydrogens (tertiary/aromatic N) is 1. The monoisotopic (exact) mass is 511 g/mol. The second kappa shape index (κ2) is 9.74. The lowest BCUT2D eigenvalue weighted by Crippen LogP contribution is -2.42. The second-order valence-electron chi connectivity index (χ2n) is 9.11. The molecule has 0 atom stereocenters. The molecule has 186 valence electrons. The molecular weight excluding hydrogens is 486 g/mol. The topological polar surface area (TPSA) is 72.9 Å². The molecule has 0 N–H and O–H groups in total. The first-order chi connectivity index (χ1) is 18.1. The molecule has 0 aliphatic carbocycles. The average Bonchev–Trinajstić information content (AvgIpc) is 2.91. The fraction of sp³-hybridized carbons (Fsp3) is 0.233. The summed E-state index contributed by atoms with van der Waals surface area (Å²) < 4.78 is 11.1. The van der Waals surface area contributed by atoms with Crippen LogP contribution in [-0.4, -0.2) is 60.6 Å². The third-order valence-corrected chi connectivity index (χ3v) is 7.74. The van der Waals surface area contributed by atoms with Crippen LogP contribution in [0.15, 0.2) is 60.7 Å². The van der Waals surface area contributed by atoms with Crippen LogP contribution in [0.4, 0.5) is 0 Å². The van der Waals surface area contributed by atoms with Crippen molar-refractivity contribution in [2.75, 3.05) is 38.7 Å². The maximum Gasteiger partial charge on any atom is 0.261 e. The SMILES string of the molecule is CC(=O)SCCOCCOCCN1C(=O)c2ccc3c4cccc5cccc(c6ccc(c2c36)C1=O)c54. The molecule has 0 saturated heterocycles. The summed E-state index contributed by atoms with van der Waals surface area (Å²) in [4.78, 5) is 39.1. The Morgan fingerprint density at radius 1 is 0.703 bits per heavy atom. The number of hydrogen-bond donors (Lipinski definition) is 0. The summed E-state index contributed by atoms with van der Waals surface area (Å²) in [5.74, 6) is 0.0278. The Morgan fingerprint density at radius 3 is 1.86 bits per heavy atom. The van der Waals surface area contributed by atoms with Gasteiger partial charge in [-0.3, -0.25) is 19.3 Å². The molecule has 6 rings (SSSR count). The van der Waals surface area contributed by atoms with Gasteiger partial charge in [-0.05, 0) is 49.8 Å². The largest absolute Gasteiger partial charge is 0.378 e. The lowest BCUT2D eigenvalue weighted by molar-refractivity contribution is -0.109. The van der Waals surface area contributed by atoms with Crippen molar-refractivity contribution in [3.63, 3.8) is 0 Å². The lowest BCUT2D eigenvalue weighted by Gasteiger charge is -2.28. The van der Waals surface area contributed by atoms with E-state index in [0.717, 1.165) is 32.3 Å². The molecule has 0 bridgehead atoms. The number of thioether (sulfide) groups is 1. The standard InChI is InChI=1S/C30H25NO5S/c1-18(32)37-17-16-36-15-14-35-13-12-31-29(33)24-10-8-22-20-6-2-4-19-5-3-7-21(26(19)20)23-9-11-25(30(31)34)28(24)27(22)23/h2-11H,12-17H2,1H3. The van der Waals surface area contributed by atoms with Crippen LogP contribution in [0.25, 0.3) is 43.1 Å². The summed E-state index contributed by atoms with van der Waals surface area (Å²) in [5, 5.41) is 8.52. The number of ether oxygens (including phenoxy) is 2. The van der Waals surface area contributed by atoms with Crippen LogP contribution in [0, 0.1) is 0 Å². The molecule has 0 saturated carbocycles. The van der Waals surface area contributed by atoms with Crippen LogP contribution >= 0.6 is 11.8 Å². The number of amides is 2.